The first kappa shape index (κ1) is 29.8. The van der Waals surface area contributed by atoms with Gasteiger partial charge in [-0.2, -0.15) is 4.31 Å². The van der Waals surface area contributed by atoms with Gasteiger partial charge in [0.1, 0.15) is 9.84 Å². The van der Waals surface area contributed by atoms with Crippen LogP contribution in [0.4, 0.5) is 0 Å². The summed E-state index contributed by atoms with van der Waals surface area (Å²) in [5.74, 6) is -0.647. The molecule has 210 valence electrons. The topological polar surface area (TPSA) is 165 Å². The van der Waals surface area contributed by atoms with E-state index in [1.165, 1.54) is 22.5 Å². The van der Waals surface area contributed by atoms with Crippen molar-refractivity contribution in [2.24, 2.45) is 11.7 Å². The summed E-state index contributed by atoms with van der Waals surface area (Å²) in [6.45, 7) is 3.47. The lowest BCUT2D eigenvalue weighted by atomic mass is 10.0. The molecule has 2 aromatic carbocycles. The van der Waals surface area contributed by atoms with Crippen LogP contribution >= 0.6 is 0 Å². The summed E-state index contributed by atoms with van der Waals surface area (Å²) in [5, 5.41) is 13.9. The van der Waals surface area contributed by atoms with Gasteiger partial charge in [0.2, 0.25) is 22.7 Å². The number of sulfonamides is 1. The minimum Gasteiger partial charge on any atom is -0.454 e. The van der Waals surface area contributed by atoms with Crippen molar-refractivity contribution in [3.05, 3.63) is 54.1 Å². The number of carbonyl (C=O) groups is 1. The van der Waals surface area contributed by atoms with Crippen molar-refractivity contribution in [1.82, 2.24) is 9.62 Å². The highest BCUT2D eigenvalue weighted by Gasteiger charge is 2.33. The number of ether oxygens (including phenoxy) is 2. The number of fused-ring (bicyclic) bond motifs is 1. The van der Waals surface area contributed by atoms with Crippen molar-refractivity contribution in [2.75, 3.05) is 31.9 Å². The van der Waals surface area contributed by atoms with Crippen LogP contribution in [0, 0.1) is 5.92 Å². The predicted molar refractivity (Wildman–Crippen MR) is 142 cm³/mol. The summed E-state index contributed by atoms with van der Waals surface area (Å²) in [4.78, 5) is 12.7. The van der Waals surface area contributed by atoms with Crippen molar-refractivity contribution < 1.29 is 36.2 Å². The van der Waals surface area contributed by atoms with Gasteiger partial charge in [0, 0.05) is 25.4 Å². The van der Waals surface area contributed by atoms with Crippen LogP contribution in [-0.2, 0) is 31.1 Å². The number of nitrogens with zero attached hydrogens (tertiary/aromatic N) is 1. The second-order valence-electron chi connectivity index (χ2n) is 9.80. The SMILES string of the molecule is CC(C)CN(C[C@@H](O)C(Cc1ccccc1)NC(=O)[C@@H](N)CS(C)(=O)=O)S(=O)(=O)c1ccc2c(c1)OCO2. The van der Waals surface area contributed by atoms with E-state index >= 15 is 0 Å². The Morgan fingerprint density at radius 3 is 2.34 bits per heavy atom. The number of nitrogens with two attached hydrogens (primary N) is 1. The zero-order valence-corrected chi connectivity index (χ0v) is 23.2. The number of hydrogen-bond donors (Lipinski definition) is 3. The summed E-state index contributed by atoms with van der Waals surface area (Å²) in [6.07, 6.45) is -0.202. The molecule has 3 rings (SSSR count). The van der Waals surface area contributed by atoms with Gasteiger partial charge in [0.15, 0.2) is 11.5 Å². The van der Waals surface area contributed by atoms with Crippen molar-refractivity contribution in [2.45, 2.75) is 43.4 Å². The van der Waals surface area contributed by atoms with Crippen LogP contribution in [0.1, 0.15) is 19.4 Å². The molecule has 1 heterocycles. The Balaban J connectivity index is 1.86. The van der Waals surface area contributed by atoms with Crippen molar-refractivity contribution in [3.63, 3.8) is 0 Å². The maximum absolute atomic E-state index is 13.6. The van der Waals surface area contributed by atoms with Gasteiger partial charge in [-0.25, -0.2) is 16.8 Å². The number of carbonyl (C=O) groups excluding carboxylic acids is 1. The molecule has 1 amide bonds. The molecule has 11 nitrogen and oxygen atoms in total. The molecule has 1 aliphatic heterocycles. The Bertz CT molecular complexity index is 1320. The molecule has 1 unspecified atom stereocenters. The number of benzene rings is 2. The Hall–Kier alpha value is -2.71. The summed E-state index contributed by atoms with van der Waals surface area (Å²) in [5.41, 5.74) is 6.58. The number of aliphatic hydroxyl groups excluding tert-OH is 1. The van der Waals surface area contributed by atoms with Gasteiger partial charge in [-0.1, -0.05) is 44.2 Å². The lowest BCUT2D eigenvalue weighted by Gasteiger charge is -2.31. The number of sulfone groups is 1. The minimum absolute atomic E-state index is 0.00438. The minimum atomic E-state index is -4.07. The molecular weight excluding hydrogens is 534 g/mol. The zero-order chi connectivity index (χ0) is 28.1. The molecule has 0 spiro atoms. The second kappa shape index (κ2) is 12.4. The summed E-state index contributed by atoms with van der Waals surface area (Å²) in [6, 6.07) is 11.0. The maximum Gasteiger partial charge on any atom is 0.243 e. The largest absolute Gasteiger partial charge is 0.454 e. The fraction of sp³-hybridized carbons (Fsp3) is 0.480. The first-order chi connectivity index (χ1) is 17.8. The Kier molecular flexibility index (Phi) is 9.76. The van der Waals surface area contributed by atoms with Gasteiger partial charge in [-0.15, -0.1) is 0 Å². The fourth-order valence-corrected chi connectivity index (χ4v) is 6.48. The van der Waals surface area contributed by atoms with Crippen LogP contribution in [0.25, 0.3) is 0 Å². The standard InChI is InChI=1S/C25H35N3O8S2/c1-17(2)13-28(38(33,34)19-9-10-23-24(12-19)36-16-35-23)14-22(29)21(11-18-7-5-4-6-8-18)27-25(30)20(26)15-37(3,31)32/h4-10,12,17,20-22,29H,11,13-16,26H2,1-3H3,(H,27,30)/t20-,21?,22+/m0/s1. The molecular formula is C25H35N3O8S2. The van der Waals surface area contributed by atoms with E-state index in [9.17, 15) is 26.7 Å². The molecule has 38 heavy (non-hydrogen) atoms. The van der Waals surface area contributed by atoms with Gasteiger partial charge >= 0.3 is 0 Å². The average molecular weight is 570 g/mol. The van der Waals surface area contributed by atoms with Crippen LogP contribution in [0.5, 0.6) is 11.5 Å². The van der Waals surface area contributed by atoms with Gasteiger partial charge in [-0.3, -0.25) is 4.79 Å². The third-order valence-corrected chi connectivity index (χ3v) is 8.64. The highest BCUT2D eigenvalue weighted by atomic mass is 32.2. The van der Waals surface area contributed by atoms with E-state index in [0.29, 0.717) is 11.5 Å². The number of nitrogens with one attached hydrogen (secondary N) is 1. The number of hydrogen-bond acceptors (Lipinski definition) is 9. The molecule has 0 saturated heterocycles. The molecule has 0 saturated carbocycles. The Morgan fingerprint density at radius 2 is 1.71 bits per heavy atom. The first-order valence-corrected chi connectivity index (χ1v) is 15.6. The summed E-state index contributed by atoms with van der Waals surface area (Å²) >= 11 is 0. The quantitative estimate of drug-likeness (QED) is 0.312. The number of rotatable bonds is 13. The van der Waals surface area contributed by atoms with Crippen molar-refractivity contribution in [1.29, 1.82) is 0 Å². The van der Waals surface area contributed by atoms with Crippen LogP contribution in [0.3, 0.4) is 0 Å². The third-order valence-electron chi connectivity index (χ3n) is 5.85. The molecule has 0 bridgehead atoms. The molecule has 0 aromatic heterocycles. The van der Waals surface area contributed by atoms with E-state index in [1.54, 1.807) is 24.3 Å². The lowest BCUT2D eigenvalue weighted by Crippen LogP contribution is -2.55. The van der Waals surface area contributed by atoms with E-state index in [1.807, 2.05) is 19.9 Å². The highest BCUT2D eigenvalue weighted by Crippen LogP contribution is 2.34. The molecule has 0 radical (unpaired) electrons. The summed E-state index contributed by atoms with van der Waals surface area (Å²) < 4.78 is 62.2. The summed E-state index contributed by atoms with van der Waals surface area (Å²) in [7, 11) is -7.59. The fourth-order valence-electron chi connectivity index (χ4n) is 4.04. The normalized spacial score (nSPS) is 15.9. The number of aliphatic hydroxyl groups is 1. The zero-order valence-electron chi connectivity index (χ0n) is 21.6. The maximum atomic E-state index is 13.6. The molecule has 0 aliphatic carbocycles. The first-order valence-electron chi connectivity index (χ1n) is 12.1. The van der Waals surface area contributed by atoms with E-state index in [0.717, 1.165) is 11.8 Å². The lowest BCUT2D eigenvalue weighted by molar-refractivity contribution is -0.123. The van der Waals surface area contributed by atoms with Gasteiger partial charge in [-0.05, 0) is 30.0 Å². The second-order valence-corrected chi connectivity index (χ2v) is 13.9. The monoisotopic (exact) mass is 569 g/mol. The molecule has 13 heteroatoms. The van der Waals surface area contributed by atoms with E-state index in [4.69, 9.17) is 15.2 Å². The van der Waals surface area contributed by atoms with E-state index in [-0.39, 0.29) is 37.1 Å². The average Bonchev–Trinajstić information content (AvgIpc) is 3.30. The van der Waals surface area contributed by atoms with Crippen LogP contribution in [-0.4, -0.2) is 82.2 Å². The highest BCUT2D eigenvalue weighted by molar-refractivity contribution is 7.90. The number of amides is 1. The molecule has 3 atom stereocenters. The van der Waals surface area contributed by atoms with Crippen molar-refractivity contribution >= 4 is 25.8 Å². The van der Waals surface area contributed by atoms with Crippen molar-refractivity contribution in [3.8, 4) is 11.5 Å². The smallest absolute Gasteiger partial charge is 0.243 e. The van der Waals surface area contributed by atoms with Gasteiger partial charge < -0.3 is 25.6 Å². The van der Waals surface area contributed by atoms with E-state index < -0.39 is 49.7 Å². The predicted octanol–water partition coefficient (Wildman–Crippen LogP) is 0.522. The van der Waals surface area contributed by atoms with Gasteiger partial charge in [0.25, 0.3) is 0 Å². The molecule has 1 aliphatic rings. The Labute approximate surface area is 223 Å². The molecule has 0 fully saturated rings. The molecule has 4 N–H and O–H groups in total. The Morgan fingerprint density at radius 1 is 1.05 bits per heavy atom. The molecule has 2 aromatic rings. The third kappa shape index (κ3) is 8.14. The van der Waals surface area contributed by atoms with Crippen LogP contribution in [0.15, 0.2) is 53.4 Å². The van der Waals surface area contributed by atoms with Crippen LogP contribution < -0.4 is 20.5 Å². The van der Waals surface area contributed by atoms with Crippen LogP contribution in [0.2, 0.25) is 0 Å². The van der Waals surface area contributed by atoms with Gasteiger partial charge in [0.05, 0.1) is 28.8 Å². The van der Waals surface area contributed by atoms with E-state index in [2.05, 4.69) is 5.32 Å².